The number of rotatable bonds is 1. The zero-order chi connectivity index (χ0) is 5.98. The van der Waals surface area contributed by atoms with Crippen molar-refractivity contribution in [3.05, 3.63) is 12.4 Å². The topological polar surface area (TPSA) is 54.0 Å². The van der Waals surface area contributed by atoms with Crippen LogP contribution in [0.4, 0.5) is 5.95 Å². The van der Waals surface area contributed by atoms with Crippen molar-refractivity contribution < 1.29 is 0 Å². The molecule has 1 aromatic heterocycles. The first kappa shape index (κ1) is 4.96. The van der Waals surface area contributed by atoms with E-state index in [1.165, 1.54) is 0 Å². The molecule has 42 valence electrons. The lowest BCUT2D eigenvalue weighted by Gasteiger charge is -1.86. The number of aromatic nitrogens is 2. The van der Waals surface area contributed by atoms with E-state index in [1.54, 1.807) is 24.0 Å². The van der Waals surface area contributed by atoms with E-state index in [-0.39, 0.29) is 0 Å². The zero-order valence-corrected chi connectivity index (χ0v) is 4.50. The first-order valence-corrected chi connectivity index (χ1v) is 2.19. The summed E-state index contributed by atoms with van der Waals surface area (Å²) in [6, 6.07) is 0. The molecule has 0 aliphatic rings. The van der Waals surface area contributed by atoms with E-state index in [0.29, 0.717) is 5.95 Å². The van der Waals surface area contributed by atoms with Crippen molar-refractivity contribution in [3.63, 3.8) is 0 Å². The Bertz CT molecular complexity index is 190. The van der Waals surface area contributed by atoms with Crippen LogP contribution in [0.5, 0.6) is 0 Å². The minimum Gasteiger partial charge on any atom is -0.317 e. The van der Waals surface area contributed by atoms with E-state index in [1.807, 2.05) is 0 Å². The molecule has 4 nitrogen and oxygen atoms in total. The second-order valence-corrected chi connectivity index (χ2v) is 1.45. The third-order valence-corrected chi connectivity index (χ3v) is 0.896. The first-order valence-electron chi connectivity index (χ1n) is 2.19. The Morgan fingerprint density at radius 3 is 2.88 bits per heavy atom. The molecule has 1 aromatic rings. The molecule has 0 saturated heterocycles. The highest BCUT2D eigenvalue weighted by Crippen LogP contribution is 2.02. The molecule has 8 heavy (non-hydrogen) atoms. The lowest BCUT2D eigenvalue weighted by atomic mass is 10.9. The van der Waals surface area contributed by atoms with Crippen molar-refractivity contribution in [2.45, 2.75) is 0 Å². The van der Waals surface area contributed by atoms with Gasteiger partial charge in [0, 0.05) is 19.4 Å². The average Bonchev–Trinajstić information content (AvgIpc) is 2.14. The van der Waals surface area contributed by atoms with Gasteiger partial charge in [0.15, 0.2) is 0 Å². The lowest BCUT2D eigenvalue weighted by Crippen LogP contribution is -1.80. The van der Waals surface area contributed by atoms with Crippen molar-refractivity contribution in [2.75, 3.05) is 0 Å². The molecule has 1 rings (SSSR count). The Kier molecular flexibility index (Phi) is 1.07. The molecule has 0 aliphatic carbocycles. The van der Waals surface area contributed by atoms with Gasteiger partial charge in [0.05, 0.1) is 0 Å². The van der Waals surface area contributed by atoms with Crippen LogP contribution in [0.25, 0.3) is 0 Å². The van der Waals surface area contributed by atoms with E-state index in [2.05, 4.69) is 10.1 Å². The summed E-state index contributed by atoms with van der Waals surface area (Å²) >= 11 is 0. The van der Waals surface area contributed by atoms with Crippen LogP contribution in [-0.2, 0) is 7.05 Å². The lowest BCUT2D eigenvalue weighted by molar-refractivity contribution is 0.880. The summed E-state index contributed by atoms with van der Waals surface area (Å²) in [6.45, 7) is 0. The molecule has 0 aromatic carbocycles. The van der Waals surface area contributed by atoms with Crippen LogP contribution >= 0.6 is 0 Å². The number of aryl methyl sites for hydroxylation is 1. The monoisotopic (exact) mass is 110 g/mol. The minimum absolute atomic E-state index is 0.435. The molecule has 0 amide bonds. The molecule has 0 unspecified atom stereocenters. The van der Waals surface area contributed by atoms with E-state index in [9.17, 15) is 0 Å². The average molecular weight is 110 g/mol. The van der Waals surface area contributed by atoms with Crippen molar-refractivity contribution in [3.8, 4) is 0 Å². The summed E-state index contributed by atoms with van der Waals surface area (Å²) in [6.07, 6.45) is 3.35. The van der Waals surface area contributed by atoms with Gasteiger partial charge in [0.2, 0.25) is 5.95 Å². The molecule has 1 heterocycles. The van der Waals surface area contributed by atoms with Crippen LogP contribution in [0, 0.1) is 5.53 Å². The number of imidazole rings is 1. The second-order valence-electron chi connectivity index (χ2n) is 1.45. The minimum atomic E-state index is 0.435. The van der Waals surface area contributed by atoms with Gasteiger partial charge in [-0.2, -0.15) is 0 Å². The highest BCUT2D eigenvalue weighted by molar-refractivity contribution is 5.12. The summed E-state index contributed by atoms with van der Waals surface area (Å²) in [7, 11) is 1.79. The highest BCUT2D eigenvalue weighted by Gasteiger charge is 1.90. The van der Waals surface area contributed by atoms with Crippen LogP contribution in [0.3, 0.4) is 0 Å². The summed E-state index contributed by atoms with van der Waals surface area (Å²) in [5, 5.41) is 3.13. The van der Waals surface area contributed by atoms with Crippen molar-refractivity contribution in [1.82, 2.24) is 9.55 Å². The first-order chi connectivity index (χ1) is 3.84. The summed E-state index contributed by atoms with van der Waals surface area (Å²) in [4.78, 5) is 3.74. The van der Waals surface area contributed by atoms with Gasteiger partial charge in [-0.3, -0.25) is 0 Å². The molecule has 0 saturated carbocycles. The maximum Gasteiger partial charge on any atom is 0.248 e. The number of nitrogens with zero attached hydrogens (tertiary/aromatic N) is 3. The summed E-state index contributed by atoms with van der Waals surface area (Å²) in [5.74, 6) is 0.435. The van der Waals surface area contributed by atoms with Crippen LogP contribution in [-0.4, -0.2) is 9.55 Å². The quantitative estimate of drug-likeness (QED) is 0.540. The smallest absolute Gasteiger partial charge is 0.248 e. The van der Waals surface area contributed by atoms with Crippen molar-refractivity contribution >= 4 is 5.95 Å². The Morgan fingerprint density at radius 1 is 1.88 bits per heavy atom. The van der Waals surface area contributed by atoms with Crippen LogP contribution in [0.1, 0.15) is 0 Å². The predicted molar refractivity (Wildman–Crippen MR) is 28.0 cm³/mol. The third kappa shape index (κ3) is 0.598. The standard InChI is InChI=1S/C4H6N4/c1-8-3-2-6-4(8)7-5/h2-3,5H,1H3. The fourth-order valence-corrected chi connectivity index (χ4v) is 0.465. The van der Waals surface area contributed by atoms with Crippen LogP contribution in [0.2, 0.25) is 0 Å². The Balaban J connectivity index is 3.09. The zero-order valence-electron chi connectivity index (χ0n) is 4.50. The molecule has 0 atom stereocenters. The molecule has 1 N–H and O–H groups in total. The van der Waals surface area contributed by atoms with Crippen LogP contribution < -0.4 is 0 Å². The second kappa shape index (κ2) is 1.73. The normalized spacial score (nSPS) is 9.12. The summed E-state index contributed by atoms with van der Waals surface area (Å²) < 4.78 is 1.67. The van der Waals surface area contributed by atoms with Gasteiger partial charge in [0.1, 0.15) is 0 Å². The van der Waals surface area contributed by atoms with E-state index in [0.717, 1.165) is 0 Å². The van der Waals surface area contributed by atoms with Gasteiger partial charge in [0.25, 0.3) is 0 Å². The highest BCUT2D eigenvalue weighted by atomic mass is 15.2. The van der Waals surface area contributed by atoms with E-state index in [4.69, 9.17) is 5.53 Å². The van der Waals surface area contributed by atoms with Crippen LogP contribution in [0.15, 0.2) is 17.5 Å². The van der Waals surface area contributed by atoms with Gasteiger partial charge >= 0.3 is 0 Å². The van der Waals surface area contributed by atoms with Gasteiger partial charge in [-0.25, -0.2) is 10.5 Å². The van der Waals surface area contributed by atoms with Gasteiger partial charge in [-0.05, 0) is 0 Å². The Labute approximate surface area is 46.7 Å². The largest absolute Gasteiger partial charge is 0.317 e. The fraction of sp³-hybridized carbons (Fsp3) is 0.250. The summed E-state index contributed by atoms with van der Waals surface area (Å²) in [5.41, 5.74) is 6.54. The molecule has 4 heteroatoms. The van der Waals surface area contributed by atoms with Gasteiger partial charge in [-0.15, -0.1) is 5.11 Å². The molecule has 0 fully saturated rings. The van der Waals surface area contributed by atoms with E-state index < -0.39 is 0 Å². The maximum atomic E-state index is 6.54. The fourth-order valence-electron chi connectivity index (χ4n) is 0.465. The molecular weight excluding hydrogens is 104 g/mol. The van der Waals surface area contributed by atoms with E-state index >= 15 is 0 Å². The molecule has 0 spiro atoms. The number of nitrogens with one attached hydrogen (secondary N) is 1. The van der Waals surface area contributed by atoms with Crippen molar-refractivity contribution in [2.24, 2.45) is 12.2 Å². The molecule has 0 bridgehead atoms. The number of hydrogen-bond donors (Lipinski definition) is 1. The molecule has 0 aliphatic heterocycles. The number of hydrogen-bond acceptors (Lipinski definition) is 3. The SMILES string of the molecule is Cn1ccnc1N=N. The third-order valence-electron chi connectivity index (χ3n) is 0.896. The Morgan fingerprint density at radius 2 is 2.62 bits per heavy atom. The molecule has 0 radical (unpaired) electrons. The Hall–Kier alpha value is -1.19. The van der Waals surface area contributed by atoms with Gasteiger partial charge < -0.3 is 4.57 Å². The maximum absolute atomic E-state index is 6.54. The van der Waals surface area contributed by atoms with Gasteiger partial charge in [-0.1, -0.05) is 0 Å². The van der Waals surface area contributed by atoms with Crippen molar-refractivity contribution in [1.29, 1.82) is 5.53 Å². The predicted octanol–water partition coefficient (Wildman–Crippen LogP) is 1.08. The molecular formula is C4H6N4.